The van der Waals surface area contributed by atoms with E-state index >= 15 is 0 Å². The minimum Gasteiger partial charge on any atom is -0.0651 e. The number of rotatable bonds is 1. The van der Waals surface area contributed by atoms with Gasteiger partial charge in [0.15, 0.2) is 0 Å². The zero-order chi connectivity index (χ0) is 6.77. The smallest absolute Gasteiger partial charge is 0.0233 e. The van der Waals surface area contributed by atoms with E-state index < -0.39 is 0 Å². The zero-order valence-electron chi connectivity index (χ0n) is 6.77. The summed E-state index contributed by atoms with van der Waals surface area (Å²) in [5.74, 6) is 3.59. The highest BCUT2D eigenvalue weighted by Gasteiger charge is 2.69. The molecule has 0 aromatic heterocycles. The molecule has 10 heavy (non-hydrogen) atoms. The van der Waals surface area contributed by atoms with Crippen molar-refractivity contribution in [2.75, 3.05) is 0 Å². The van der Waals surface area contributed by atoms with Gasteiger partial charge in [0.25, 0.3) is 0 Å². The molecule has 0 nitrogen and oxygen atoms in total. The normalized spacial score (nSPS) is 62.7. The fraction of sp³-hybridized carbons (Fsp3) is 1.00. The SMILES string of the molecule is CCC1CC12CC1CCC12. The van der Waals surface area contributed by atoms with Crippen LogP contribution in [0.1, 0.15) is 39.0 Å². The topological polar surface area (TPSA) is 0 Å². The van der Waals surface area contributed by atoms with Gasteiger partial charge in [-0.1, -0.05) is 13.3 Å². The Hall–Kier alpha value is 0. The Labute approximate surface area is 63.0 Å². The van der Waals surface area contributed by atoms with Crippen LogP contribution in [0.25, 0.3) is 0 Å². The molecule has 0 heteroatoms. The lowest BCUT2D eigenvalue weighted by Gasteiger charge is -2.55. The van der Waals surface area contributed by atoms with Crippen LogP contribution in [0.2, 0.25) is 0 Å². The second-order valence-electron chi connectivity index (χ2n) is 4.69. The van der Waals surface area contributed by atoms with Crippen molar-refractivity contribution in [2.24, 2.45) is 23.2 Å². The van der Waals surface area contributed by atoms with Crippen molar-refractivity contribution in [3.8, 4) is 0 Å². The average molecular weight is 136 g/mol. The molecule has 1 spiro atoms. The molecule has 4 unspecified atom stereocenters. The Morgan fingerprint density at radius 2 is 2.20 bits per heavy atom. The minimum absolute atomic E-state index is 0.956. The first-order valence-corrected chi connectivity index (χ1v) is 4.87. The van der Waals surface area contributed by atoms with E-state index in [2.05, 4.69) is 6.92 Å². The molecule has 3 aliphatic rings. The van der Waals surface area contributed by atoms with E-state index in [4.69, 9.17) is 0 Å². The van der Waals surface area contributed by atoms with Gasteiger partial charge in [-0.25, -0.2) is 0 Å². The standard InChI is InChI=1S/C10H16/c1-2-8-6-10(8)5-7-3-4-9(7)10/h7-9H,2-6H2,1H3. The van der Waals surface area contributed by atoms with Gasteiger partial charge >= 0.3 is 0 Å². The Balaban J connectivity index is 1.75. The van der Waals surface area contributed by atoms with Gasteiger partial charge in [-0.3, -0.25) is 0 Å². The molecule has 0 heterocycles. The summed E-state index contributed by atoms with van der Waals surface area (Å²) in [6.45, 7) is 2.37. The van der Waals surface area contributed by atoms with Crippen LogP contribution in [-0.4, -0.2) is 0 Å². The van der Waals surface area contributed by atoms with Crippen molar-refractivity contribution in [3.05, 3.63) is 0 Å². The zero-order valence-corrected chi connectivity index (χ0v) is 6.77. The largest absolute Gasteiger partial charge is 0.0651 e. The molecule has 56 valence electrons. The fourth-order valence-electron chi connectivity index (χ4n) is 3.70. The first-order chi connectivity index (χ1) is 4.87. The van der Waals surface area contributed by atoms with E-state index in [9.17, 15) is 0 Å². The Morgan fingerprint density at radius 3 is 2.50 bits per heavy atom. The van der Waals surface area contributed by atoms with Crippen LogP contribution < -0.4 is 0 Å². The number of hydrogen-bond acceptors (Lipinski definition) is 0. The van der Waals surface area contributed by atoms with Crippen LogP contribution in [0.3, 0.4) is 0 Å². The fourth-order valence-corrected chi connectivity index (χ4v) is 3.70. The second kappa shape index (κ2) is 1.44. The molecule has 4 atom stereocenters. The number of hydrogen-bond donors (Lipinski definition) is 0. The van der Waals surface area contributed by atoms with Gasteiger partial charge in [-0.05, 0) is 48.9 Å². The molecular weight excluding hydrogens is 120 g/mol. The molecule has 0 saturated heterocycles. The lowest BCUT2D eigenvalue weighted by molar-refractivity contribution is -0.0562. The van der Waals surface area contributed by atoms with E-state index in [-0.39, 0.29) is 0 Å². The Bertz CT molecular complexity index is 173. The van der Waals surface area contributed by atoms with Gasteiger partial charge < -0.3 is 0 Å². The Kier molecular flexibility index (Phi) is 0.810. The van der Waals surface area contributed by atoms with Gasteiger partial charge in [0.05, 0.1) is 0 Å². The van der Waals surface area contributed by atoms with E-state index in [1.165, 1.54) is 18.3 Å². The van der Waals surface area contributed by atoms with Crippen molar-refractivity contribution in [1.29, 1.82) is 0 Å². The molecule has 0 radical (unpaired) electrons. The molecule has 0 bridgehead atoms. The number of fused-ring (bicyclic) bond motifs is 2. The summed E-state index contributed by atoms with van der Waals surface area (Å²) < 4.78 is 0. The highest BCUT2D eigenvalue weighted by molar-refractivity contribution is 5.18. The van der Waals surface area contributed by atoms with Gasteiger partial charge in [-0.15, -0.1) is 0 Å². The quantitative estimate of drug-likeness (QED) is 0.520. The minimum atomic E-state index is 0.956. The van der Waals surface area contributed by atoms with E-state index in [1.807, 2.05) is 0 Å². The molecule has 3 fully saturated rings. The molecular formula is C10H16. The molecule has 0 aromatic carbocycles. The monoisotopic (exact) mass is 136 g/mol. The summed E-state index contributed by atoms with van der Waals surface area (Å²) >= 11 is 0. The molecule has 0 N–H and O–H groups in total. The first kappa shape index (κ1) is 5.62. The highest BCUT2D eigenvalue weighted by atomic mass is 14.7. The van der Waals surface area contributed by atoms with Crippen LogP contribution in [0, 0.1) is 23.2 Å². The van der Waals surface area contributed by atoms with Crippen LogP contribution in [0.5, 0.6) is 0 Å². The molecule has 3 aliphatic carbocycles. The van der Waals surface area contributed by atoms with E-state index in [0.717, 1.165) is 11.3 Å². The van der Waals surface area contributed by atoms with Crippen molar-refractivity contribution >= 4 is 0 Å². The summed E-state index contributed by atoms with van der Waals surface area (Å²) in [5.41, 5.74) is 0.956. The maximum atomic E-state index is 2.37. The predicted molar refractivity (Wildman–Crippen MR) is 41.7 cm³/mol. The van der Waals surface area contributed by atoms with E-state index in [0.29, 0.717) is 0 Å². The molecule has 0 aromatic rings. The molecule has 3 rings (SSSR count). The lowest BCUT2D eigenvalue weighted by atomic mass is 9.50. The molecule has 0 aliphatic heterocycles. The molecule has 3 saturated carbocycles. The van der Waals surface area contributed by atoms with Crippen LogP contribution in [-0.2, 0) is 0 Å². The third-order valence-corrected chi connectivity index (χ3v) is 4.57. The average Bonchev–Trinajstić information content (AvgIpc) is 2.59. The lowest BCUT2D eigenvalue weighted by Crippen LogP contribution is -2.47. The van der Waals surface area contributed by atoms with Gasteiger partial charge in [0.2, 0.25) is 0 Å². The van der Waals surface area contributed by atoms with Gasteiger partial charge in [0.1, 0.15) is 0 Å². The van der Waals surface area contributed by atoms with Gasteiger partial charge in [0, 0.05) is 0 Å². The highest BCUT2D eigenvalue weighted by Crippen LogP contribution is 2.77. The van der Waals surface area contributed by atoms with Crippen molar-refractivity contribution in [1.82, 2.24) is 0 Å². The van der Waals surface area contributed by atoms with Crippen LogP contribution in [0.15, 0.2) is 0 Å². The summed E-state index contributed by atoms with van der Waals surface area (Å²) in [4.78, 5) is 0. The van der Waals surface area contributed by atoms with Crippen LogP contribution in [0.4, 0.5) is 0 Å². The molecule has 0 amide bonds. The summed E-state index contributed by atoms with van der Waals surface area (Å²) in [6, 6.07) is 0. The van der Waals surface area contributed by atoms with Crippen molar-refractivity contribution < 1.29 is 0 Å². The van der Waals surface area contributed by atoms with Crippen molar-refractivity contribution in [3.63, 3.8) is 0 Å². The first-order valence-electron chi connectivity index (χ1n) is 4.87. The third kappa shape index (κ3) is 0.408. The maximum Gasteiger partial charge on any atom is -0.0233 e. The van der Waals surface area contributed by atoms with Crippen molar-refractivity contribution in [2.45, 2.75) is 39.0 Å². The van der Waals surface area contributed by atoms with E-state index in [1.54, 1.807) is 25.7 Å². The summed E-state index contributed by atoms with van der Waals surface area (Å²) in [6.07, 6.45) is 7.84. The van der Waals surface area contributed by atoms with Crippen LogP contribution >= 0.6 is 0 Å². The second-order valence-corrected chi connectivity index (χ2v) is 4.69. The maximum absolute atomic E-state index is 2.37. The summed E-state index contributed by atoms with van der Waals surface area (Å²) in [7, 11) is 0. The Morgan fingerprint density at radius 1 is 1.30 bits per heavy atom. The predicted octanol–water partition coefficient (Wildman–Crippen LogP) is 2.83. The summed E-state index contributed by atoms with van der Waals surface area (Å²) in [5, 5.41) is 0. The third-order valence-electron chi connectivity index (χ3n) is 4.57. The van der Waals surface area contributed by atoms with Gasteiger partial charge in [-0.2, -0.15) is 0 Å².